The second-order valence-corrected chi connectivity index (χ2v) is 10.6. The second kappa shape index (κ2) is 19.8. The zero-order chi connectivity index (χ0) is 21.8. The minimum atomic E-state index is -3.89. The molecule has 0 rings (SSSR count). The molecule has 0 heterocycles. The number of rotatable bonds is 22. The van der Waals surface area contributed by atoms with Gasteiger partial charge in [-0.05, 0) is 25.7 Å². The van der Waals surface area contributed by atoms with Gasteiger partial charge in [0.05, 0.1) is 11.4 Å². The number of aliphatic hydroxyl groups is 1. The fraction of sp³-hybridized carbons (Fsp3) is 1.00. The standard InChI is InChI=1S/C24H50O4S/c1-3-5-6-17-21-24(29(26,27)28)22-18-15-13-11-9-7-8-10-12-14-16-20-23(25)19-4-2/h23-25H,3-22H2,1-2H3,(H,26,27,28). The molecule has 2 N–H and O–H groups in total. The molecule has 0 aliphatic rings. The molecule has 0 saturated carbocycles. The Kier molecular flexibility index (Phi) is 19.7. The second-order valence-electron chi connectivity index (χ2n) is 8.90. The van der Waals surface area contributed by atoms with Gasteiger partial charge in [-0.15, -0.1) is 0 Å². The normalized spacial score (nSPS) is 14.2. The van der Waals surface area contributed by atoms with E-state index < -0.39 is 15.4 Å². The molecule has 29 heavy (non-hydrogen) atoms. The van der Waals surface area contributed by atoms with Gasteiger partial charge in [0.1, 0.15) is 0 Å². The van der Waals surface area contributed by atoms with Gasteiger partial charge in [0, 0.05) is 0 Å². The van der Waals surface area contributed by atoms with Crippen LogP contribution in [0.3, 0.4) is 0 Å². The van der Waals surface area contributed by atoms with Gasteiger partial charge in [-0.2, -0.15) is 8.42 Å². The zero-order valence-electron chi connectivity index (χ0n) is 19.4. The third-order valence-electron chi connectivity index (χ3n) is 5.99. The van der Waals surface area contributed by atoms with Gasteiger partial charge < -0.3 is 5.11 Å². The van der Waals surface area contributed by atoms with Crippen LogP contribution in [0.1, 0.15) is 142 Å². The van der Waals surface area contributed by atoms with Crippen LogP contribution in [0.25, 0.3) is 0 Å². The molecular weight excluding hydrogens is 384 g/mol. The van der Waals surface area contributed by atoms with Crippen LogP contribution in [0, 0.1) is 0 Å². The number of hydrogen-bond donors (Lipinski definition) is 2. The summed E-state index contributed by atoms with van der Waals surface area (Å²) in [6.07, 6.45) is 21.6. The maximum absolute atomic E-state index is 11.5. The van der Waals surface area contributed by atoms with Crippen LogP contribution in [0.4, 0.5) is 0 Å². The van der Waals surface area contributed by atoms with Crippen molar-refractivity contribution in [2.45, 2.75) is 154 Å². The Labute approximate surface area is 182 Å². The minimum Gasteiger partial charge on any atom is -0.393 e. The van der Waals surface area contributed by atoms with Crippen LogP contribution in [-0.2, 0) is 10.1 Å². The quantitative estimate of drug-likeness (QED) is 0.137. The summed E-state index contributed by atoms with van der Waals surface area (Å²) in [4.78, 5) is 0. The lowest BCUT2D eigenvalue weighted by Crippen LogP contribution is -2.20. The SMILES string of the molecule is CCCCCCC(CCCCCCCCCCCCCC(O)CCC)S(=O)(=O)O. The van der Waals surface area contributed by atoms with Crippen LogP contribution in [0.15, 0.2) is 0 Å². The summed E-state index contributed by atoms with van der Waals surface area (Å²) < 4.78 is 32.5. The molecule has 5 heteroatoms. The lowest BCUT2D eigenvalue weighted by molar-refractivity contribution is 0.150. The summed E-state index contributed by atoms with van der Waals surface area (Å²) in [5, 5.41) is 9.14. The maximum atomic E-state index is 11.5. The highest BCUT2D eigenvalue weighted by atomic mass is 32.2. The van der Waals surface area contributed by atoms with E-state index >= 15 is 0 Å². The molecule has 0 aliphatic heterocycles. The molecule has 0 saturated heterocycles. The van der Waals surface area contributed by atoms with Gasteiger partial charge in [-0.1, -0.05) is 117 Å². The van der Waals surface area contributed by atoms with Crippen molar-refractivity contribution in [2.75, 3.05) is 0 Å². The highest BCUT2D eigenvalue weighted by Gasteiger charge is 2.21. The molecule has 0 aromatic carbocycles. The highest BCUT2D eigenvalue weighted by molar-refractivity contribution is 7.86. The van der Waals surface area contributed by atoms with Crippen LogP contribution >= 0.6 is 0 Å². The Morgan fingerprint density at radius 1 is 0.552 bits per heavy atom. The van der Waals surface area contributed by atoms with E-state index in [4.69, 9.17) is 0 Å². The summed E-state index contributed by atoms with van der Waals surface area (Å²) in [7, 11) is -3.89. The molecule has 0 amide bonds. The van der Waals surface area contributed by atoms with E-state index in [-0.39, 0.29) is 6.10 Å². The van der Waals surface area contributed by atoms with Gasteiger partial charge in [-0.25, -0.2) is 0 Å². The van der Waals surface area contributed by atoms with Crippen molar-refractivity contribution in [2.24, 2.45) is 0 Å². The molecule has 0 aromatic heterocycles. The van der Waals surface area contributed by atoms with E-state index in [0.717, 1.165) is 64.2 Å². The third kappa shape index (κ3) is 19.6. The predicted molar refractivity (Wildman–Crippen MR) is 125 cm³/mol. The molecule has 2 unspecified atom stereocenters. The Hall–Kier alpha value is -0.130. The molecule has 0 radical (unpaired) electrons. The number of unbranched alkanes of at least 4 members (excludes halogenated alkanes) is 13. The van der Waals surface area contributed by atoms with Gasteiger partial charge in [-0.3, -0.25) is 4.55 Å². The van der Waals surface area contributed by atoms with Gasteiger partial charge in [0.2, 0.25) is 0 Å². The number of hydrogen-bond acceptors (Lipinski definition) is 3. The summed E-state index contributed by atoms with van der Waals surface area (Å²) in [5.41, 5.74) is 0. The molecule has 176 valence electrons. The van der Waals surface area contributed by atoms with Crippen LogP contribution in [0.2, 0.25) is 0 Å². The van der Waals surface area contributed by atoms with Gasteiger partial charge >= 0.3 is 0 Å². The van der Waals surface area contributed by atoms with Crippen molar-refractivity contribution in [1.29, 1.82) is 0 Å². The lowest BCUT2D eigenvalue weighted by atomic mass is 10.0. The Bertz CT molecular complexity index is 436. The molecule has 0 aromatic rings. The first-order chi connectivity index (χ1) is 13.9. The molecule has 0 fully saturated rings. The van der Waals surface area contributed by atoms with Crippen molar-refractivity contribution in [3.63, 3.8) is 0 Å². The minimum absolute atomic E-state index is 0.0891. The van der Waals surface area contributed by atoms with E-state index in [1.54, 1.807) is 0 Å². The Morgan fingerprint density at radius 3 is 1.31 bits per heavy atom. The first-order valence-electron chi connectivity index (χ1n) is 12.6. The summed E-state index contributed by atoms with van der Waals surface area (Å²) in [6, 6.07) is 0. The van der Waals surface area contributed by atoms with Gasteiger partial charge in [0.15, 0.2) is 0 Å². The van der Waals surface area contributed by atoms with E-state index in [1.807, 2.05) is 0 Å². The lowest BCUT2D eigenvalue weighted by Gasteiger charge is -2.13. The molecule has 0 bridgehead atoms. The van der Waals surface area contributed by atoms with Gasteiger partial charge in [0.25, 0.3) is 10.1 Å². The zero-order valence-corrected chi connectivity index (χ0v) is 20.2. The molecule has 2 atom stereocenters. The molecule has 0 aliphatic carbocycles. The summed E-state index contributed by atoms with van der Waals surface area (Å²) >= 11 is 0. The predicted octanol–water partition coefficient (Wildman–Crippen LogP) is 7.45. The van der Waals surface area contributed by atoms with Crippen LogP contribution < -0.4 is 0 Å². The van der Waals surface area contributed by atoms with Crippen molar-refractivity contribution in [3.05, 3.63) is 0 Å². The maximum Gasteiger partial charge on any atom is 0.267 e. The van der Waals surface area contributed by atoms with Crippen molar-refractivity contribution in [1.82, 2.24) is 0 Å². The Balaban J connectivity index is 3.50. The molecule has 0 spiro atoms. The largest absolute Gasteiger partial charge is 0.393 e. The van der Waals surface area contributed by atoms with E-state index in [9.17, 15) is 18.1 Å². The van der Waals surface area contributed by atoms with Crippen LogP contribution in [0.5, 0.6) is 0 Å². The average Bonchev–Trinajstić information content (AvgIpc) is 2.66. The van der Waals surface area contributed by atoms with E-state index in [2.05, 4.69) is 13.8 Å². The summed E-state index contributed by atoms with van der Waals surface area (Å²) in [5.74, 6) is 0. The van der Waals surface area contributed by atoms with E-state index in [1.165, 1.54) is 51.4 Å². The first kappa shape index (κ1) is 28.9. The number of aliphatic hydroxyl groups excluding tert-OH is 1. The average molecular weight is 435 g/mol. The molecule has 4 nitrogen and oxygen atoms in total. The smallest absolute Gasteiger partial charge is 0.267 e. The van der Waals surface area contributed by atoms with E-state index in [0.29, 0.717) is 12.8 Å². The fourth-order valence-corrected chi connectivity index (χ4v) is 4.99. The van der Waals surface area contributed by atoms with Crippen molar-refractivity contribution < 1.29 is 18.1 Å². The van der Waals surface area contributed by atoms with Crippen LogP contribution in [-0.4, -0.2) is 29.4 Å². The monoisotopic (exact) mass is 434 g/mol. The molecular formula is C24H50O4S. The van der Waals surface area contributed by atoms with Crippen molar-refractivity contribution >= 4 is 10.1 Å². The first-order valence-corrected chi connectivity index (χ1v) is 14.1. The fourth-order valence-electron chi connectivity index (χ4n) is 4.06. The highest BCUT2D eigenvalue weighted by Crippen LogP contribution is 2.19. The third-order valence-corrected chi connectivity index (χ3v) is 7.30. The summed E-state index contributed by atoms with van der Waals surface area (Å²) in [6.45, 7) is 4.26. The topological polar surface area (TPSA) is 74.6 Å². The van der Waals surface area contributed by atoms with Crippen molar-refractivity contribution in [3.8, 4) is 0 Å². The Morgan fingerprint density at radius 2 is 0.931 bits per heavy atom.